The smallest absolute Gasteiger partial charge is 0.359 e. The number of hydrogen-bond donors (Lipinski definition) is 1. The molecular weight excluding hydrogens is 396 g/mol. The summed E-state index contributed by atoms with van der Waals surface area (Å²) >= 11 is 0. The standard InChI is InChI=1S/C23H28N4O4/c1-14-9-10-15(2)17(11-14)27-20(28)19-18(21(29)31-4)24-13-26(19)12-23(27,3)22(30)25-16-7-5-6-8-16/h9-11,13,16H,5-8,12H2,1-4H3,(H,25,30)/t23-/m1/s1. The van der Waals surface area contributed by atoms with E-state index in [0.717, 1.165) is 36.8 Å². The molecule has 1 atom stereocenters. The van der Waals surface area contributed by atoms with Crippen LogP contribution in [0, 0.1) is 13.8 Å². The predicted octanol–water partition coefficient (Wildman–Crippen LogP) is 2.76. The molecule has 2 amide bonds. The topological polar surface area (TPSA) is 93.5 Å². The van der Waals surface area contributed by atoms with Crippen molar-refractivity contribution in [2.45, 2.75) is 64.6 Å². The molecule has 0 spiro atoms. The summed E-state index contributed by atoms with van der Waals surface area (Å²) in [6.07, 6.45) is 5.51. The first-order chi connectivity index (χ1) is 14.8. The number of benzene rings is 1. The van der Waals surface area contributed by atoms with Crippen LogP contribution in [0.25, 0.3) is 0 Å². The average Bonchev–Trinajstić information content (AvgIpc) is 3.39. The summed E-state index contributed by atoms with van der Waals surface area (Å²) in [5.74, 6) is -1.32. The molecule has 2 aromatic rings. The number of amides is 2. The van der Waals surface area contributed by atoms with Crippen molar-refractivity contribution in [1.29, 1.82) is 0 Å². The minimum atomic E-state index is -1.18. The highest BCUT2D eigenvalue weighted by Gasteiger charge is 2.50. The molecule has 1 fully saturated rings. The zero-order chi connectivity index (χ0) is 22.3. The molecule has 8 nitrogen and oxygen atoms in total. The highest BCUT2D eigenvalue weighted by molar-refractivity contribution is 6.15. The predicted molar refractivity (Wildman–Crippen MR) is 115 cm³/mol. The minimum absolute atomic E-state index is 0.0407. The zero-order valence-corrected chi connectivity index (χ0v) is 18.4. The Morgan fingerprint density at radius 2 is 1.94 bits per heavy atom. The van der Waals surface area contributed by atoms with Crippen LogP contribution in [0.15, 0.2) is 24.5 Å². The zero-order valence-electron chi connectivity index (χ0n) is 18.4. The maximum absolute atomic E-state index is 13.8. The molecule has 1 aromatic heterocycles. The SMILES string of the molecule is COC(=O)c1ncn2c1C(=O)N(c1cc(C)ccc1C)[C@@](C)(C(=O)NC1CCCC1)C2. The van der Waals surface area contributed by atoms with E-state index in [2.05, 4.69) is 10.3 Å². The number of nitrogens with zero attached hydrogens (tertiary/aromatic N) is 3. The Balaban J connectivity index is 1.84. The molecule has 1 saturated carbocycles. The molecule has 8 heteroatoms. The average molecular weight is 425 g/mol. The molecule has 1 aliphatic heterocycles. The van der Waals surface area contributed by atoms with Gasteiger partial charge in [-0.25, -0.2) is 9.78 Å². The van der Waals surface area contributed by atoms with Crippen LogP contribution in [0.3, 0.4) is 0 Å². The minimum Gasteiger partial charge on any atom is -0.464 e. The van der Waals surface area contributed by atoms with Crippen molar-refractivity contribution in [3.8, 4) is 0 Å². The Morgan fingerprint density at radius 1 is 1.23 bits per heavy atom. The normalized spacial score (nSPS) is 21.2. The Morgan fingerprint density at radius 3 is 2.61 bits per heavy atom. The van der Waals surface area contributed by atoms with Crippen molar-refractivity contribution in [2.75, 3.05) is 12.0 Å². The van der Waals surface area contributed by atoms with E-state index in [-0.39, 0.29) is 29.9 Å². The number of esters is 1. The maximum atomic E-state index is 13.8. The molecule has 31 heavy (non-hydrogen) atoms. The molecular formula is C23H28N4O4. The third-order valence-electron chi connectivity index (χ3n) is 6.38. The number of carbonyl (C=O) groups excluding carboxylic acids is 3. The second-order valence-corrected chi connectivity index (χ2v) is 8.72. The molecule has 4 rings (SSSR count). The summed E-state index contributed by atoms with van der Waals surface area (Å²) in [7, 11) is 1.25. The fourth-order valence-corrected chi connectivity index (χ4v) is 4.62. The lowest BCUT2D eigenvalue weighted by atomic mass is 9.91. The molecule has 0 unspecified atom stereocenters. The van der Waals surface area contributed by atoms with Crippen LogP contribution in [-0.2, 0) is 16.1 Å². The lowest BCUT2D eigenvalue weighted by Gasteiger charge is -2.44. The Kier molecular flexibility index (Phi) is 5.33. The van der Waals surface area contributed by atoms with Gasteiger partial charge in [0, 0.05) is 11.7 Å². The van der Waals surface area contributed by atoms with E-state index in [0.29, 0.717) is 5.69 Å². The van der Waals surface area contributed by atoms with Gasteiger partial charge in [-0.2, -0.15) is 0 Å². The monoisotopic (exact) mass is 424 g/mol. The van der Waals surface area contributed by atoms with Gasteiger partial charge in [0.2, 0.25) is 5.91 Å². The van der Waals surface area contributed by atoms with Crippen LogP contribution < -0.4 is 10.2 Å². The second-order valence-electron chi connectivity index (χ2n) is 8.72. The number of hydrogen-bond acceptors (Lipinski definition) is 5. The molecule has 1 aliphatic carbocycles. The number of ether oxygens (including phenoxy) is 1. The van der Waals surface area contributed by atoms with Crippen LogP contribution in [0.2, 0.25) is 0 Å². The Hall–Kier alpha value is -3.16. The van der Waals surface area contributed by atoms with Crippen molar-refractivity contribution >= 4 is 23.5 Å². The van der Waals surface area contributed by atoms with Crippen LogP contribution in [-0.4, -0.2) is 46.0 Å². The van der Waals surface area contributed by atoms with Crippen LogP contribution in [0.1, 0.15) is 64.7 Å². The molecule has 2 aliphatic rings. The van der Waals surface area contributed by atoms with Crippen LogP contribution >= 0.6 is 0 Å². The molecule has 164 valence electrons. The molecule has 0 bridgehead atoms. The van der Waals surface area contributed by atoms with E-state index in [9.17, 15) is 14.4 Å². The van der Waals surface area contributed by atoms with E-state index in [1.807, 2.05) is 32.0 Å². The van der Waals surface area contributed by atoms with Crippen molar-refractivity contribution in [3.05, 3.63) is 47.0 Å². The first kappa shape index (κ1) is 21.1. The van der Waals surface area contributed by atoms with Crippen LogP contribution in [0.4, 0.5) is 5.69 Å². The van der Waals surface area contributed by atoms with Gasteiger partial charge in [0.25, 0.3) is 5.91 Å². The van der Waals surface area contributed by atoms with Gasteiger partial charge in [0.15, 0.2) is 5.69 Å². The Labute approximate surface area is 181 Å². The molecule has 0 saturated heterocycles. The first-order valence-corrected chi connectivity index (χ1v) is 10.6. The fraction of sp³-hybridized carbons (Fsp3) is 0.478. The van der Waals surface area contributed by atoms with Crippen molar-refractivity contribution in [1.82, 2.24) is 14.9 Å². The number of carbonyl (C=O) groups is 3. The quantitative estimate of drug-likeness (QED) is 0.762. The summed E-state index contributed by atoms with van der Waals surface area (Å²) in [6, 6.07) is 5.92. The van der Waals surface area contributed by atoms with E-state index in [1.54, 1.807) is 11.5 Å². The van der Waals surface area contributed by atoms with E-state index in [4.69, 9.17) is 4.74 Å². The Bertz CT molecular complexity index is 1050. The largest absolute Gasteiger partial charge is 0.464 e. The summed E-state index contributed by atoms with van der Waals surface area (Å²) in [4.78, 5) is 45.3. The summed E-state index contributed by atoms with van der Waals surface area (Å²) in [6.45, 7) is 5.81. The molecule has 1 N–H and O–H groups in total. The van der Waals surface area contributed by atoms with Crippen LogP contribution in [0.5, 0.6) is 0 Å². The van der Waals surface area contributed by atoms with Gasteiger partial charge in [-0.1, -0.05) is 25.0 Å². The first-order valence-electron chi connectivity index (χ1n) is 10.6. The number of aryl methyl sites for hydroxylation is 2. The molecule has 2 heterocycles. The van der Waals surface area contributed by atoms with E-state index < -0.39 is 17.4 Å². The number of methoxy groups -OCH3 is 1. The number of imidazole rings is 1. The number of anilines is 1. The number of rotatable bonds is 4. The second kappa shape index (κ2) is 7.83. The third-order valence-corrected chi connectivity index (χ3v) is 6.38. The summed E-state index contributed by atoms with van der Waals surface area (Å²) in [5.41, 5.74) is 1.40. The summed E-state index contributed by atoms with van der Waals surface area (Å²) in [5, 5.41) is 3.16. The molecule has 1 aromatic carbocycles. The maximum Gasteiger partial charge on any atom is 0.359 e. The van der Waals surface area contributed by atoms with Gasteiger partial charge in [0.05, 0.1) is 20.0 Å². The third kappa shape index (κ3) is 3.49. The van der Waals surface area contributed by atoms with Crippen molar-refractivity contribution < 1.29 is 19.1 Å². The van der Waals surface area contributed by atoms with Gasteiger partial charge in [0.1, 0.15) is 11.2 Å². The number of nitrogens with one attached hydrogen (secondary N) is 1. The van der Waals surface area contributed by atoms with Gasteiger partial charge < -0.3 is 14.6 Å². The van der Waals surface area contributed by atoms with Gasteiger partial charge in [-0.15, -0.1) is 0 Å². The lowest BCUT2D eigenvalue weighted by molar-refractivity contribution is -0.127. The molecule has 0 radical (unpaired) electrons. The van der Waals surface area contributed by atoms with Crippen molar-refractivity contribution in [2.24, 2.45) is 0 Å². The number of aromatic nitrogens is 2. The van der Waals surface area contributed by atoms with Gasteiger partial charge >= 0.3 is 5.97 Å². The van der Waals surface area contributed by atoms with Gasteiger partial charge in [-0.05, 0) is 50.8 Å². The van der Waals surface area contributed by atoms with Crippen molar-refractivity contribution in [3.63, 3.8) is 0 Å². The highest BCUT2D eigenvalue weighted by Crippen LogP contribution is 2.36. The highest BCUT2D eigenvalue weighted by atomic mass is 16.5. The van der Waals surface area contributed by atoms with E-state index in [1.165, 1.54) is 18.3 Å². The summed E-state index contributed by atoms with van der Waals surface area (Å²) < 4.78 is 6.40. The number of fused-ring (bicyclic) bond motifs is 1. The van der Waals surface area contributed by atoms with E-state index >= 15 is 0 Å². The lowest BCUT2D eigenvalue weighted by Crippen LogP contribution is -2.65. The van der Waals surface area contributed by atoms with Gasteiger partial charge in [-0.3, -0.25) is 14.5 Å². The fourth-order valence-electron chi connectivity index (χ4n) is 4.62.